The molecule has 0 radical (unpaired) electrons. The van der Waals surface area contributed by atoms with Gasteiger partial charge in [-0.2, -0.15) is 13.2 Å². The Kier molecular flexibility index (Phi) is 3.44. The largest absolute Gasteiger partial charge is 0.444 e. The first-order valence-corrected chi connectivity index (χ1v) is 6.48. The normalized spacial score (nSPS) is 15.4. The lowest BCUT2D eigenvalue weighted by Gasteiger charge is -2.07. The number of rotatable bonds is 4. The summed E-state index contributed by atoms with van der Waals surface area (Å²) in [6.45, 7) is 0.453. The maximum atomic E-state index is 13.7. The van der Waals surface area contributed by atoms with Crippen LogP contribution in [0.3, 0.4) is 0 Å². The number of aromatic nitrogens is 1. The van der Waals surface area contributed by atoms with Gasteiger partial charge in [0.05, 0.1) is 16.8 Å². The fourth-order valence-electron chi connectivity index (χ4n) is 1.91. The van der Waals surface area contributed by atoms with E-state index in [0.29, 0.717) is 30.4 Å². The SMILES string of the molecule is Fc1ccc(C(F)(F)F)cc1-c1nc(CNC2CC2)co1. The number of hydrogen-bond acceptors (Lipinski definition) is 3. The molecule has 0 bridgehead atoms. The van der Waals surface area contributed by atoms with E-state index in [0.717, 1.165) is 18.9 Å². The molecule has 2 aromatic rings. The molecule has 1 N–H and O–H groups in total. The van der Waals surface area contributed by atoms with Crippen molar-refractivity contribution >= 4 is 0 Å². The molecule has 0 amide bonds. The van der Waals surface area contributed by atoms with Gasteiger partial charge in [0.15, 0.2) is 0 Å². The summed E-state index contributed by atoms with van der Waals surface area (Å²) < 4.78 is 56.7. The van der Waals surface area contributed by atoms with Gasteiger partial charge in [-0.25, -0.2) is 9.37 Å². The van der Waals surface area contributed by atoms with Crippen molar-refractivity contribution in [2.24, 2.45) is 0 Å². The van der Waals surface area contributed by atoms with Gasteiger partial charge in [0, 0.05) is 12.6 Å². The smallest absolute Gasteiger partial charge is 0.416 e. The molecule has 1 saturated carbocycles. The number of hydrogen-bond donors (Lipinski definition) is 1. The molecule has 3 rings (SSSR count). The van der Waals surface area contributed by atoms with Crippen LogP contribution in [0.25, 0.3) is 11.5 Å². The molecule has 1 aliphatic rings. The first-order valence-electron chi connectivity index (χ1n) is 6.48. The minimum Gasteiger partial charge on any atom is -0.444 e. The molecule has 0 atom stereocenters. The summed E-state index contributed by atoms with van der Waals surface area (Å²) in [5, 5.41) is 3.19. The summed E-state index contributed by atoms with van der Waals surface area (Å²) in [7, 11) is 0. The zero-order valence-electron chi connectivity index (χ0n) is 10.9. The van der Waals surface area contributed by atoms with Crippen molar-refractivity contribution in [1.82, 2.24) is 10.3 Å². The van der Waals surface area contributed by atoms with Gasteiger partial charge in [-0.15, -0.1) is 0 Å². The second-order valence-electron chi connectivity index (χ2n) is 4.99. The van der Waals surface area contributed by atoms with Crippen LogP contribution in [0.4, 0.5) is 17.6 Å². The Morgan fingerprint density at radius 3 is 2.71 bits per heavy atom. The van der Waals surface area contributed by atoms with Crippen LogP contribution in [0, 0.1) is 5.82 Å². The van der Waals surface area contributed by atoms with Crippen LogP contribution in [-0.2, 0) is 12.7 Å². The lowest BCUT2D eigenvalue weighted by Crippen LogP contribution is -2.15. The van der Waals surface area contributed by atoms with Gasteiger partial charge < -0.3 is 9.73 Å². The highest BCUT2D eigenvalue weighted by Gasteiger charge is 2.31. The van der Waals surface area contributed by atoms with Crippen molar-refractivity contribution in [1.29, 1.82) is 0 Å². The third-order valence-corrected chi connectivity index (χ3v) is 3.23. The Morgan fingerprint density at radius 2 is 2.05 bits per heavy atom. The minimum atomic E-state index is -4.54. The Labute approximate surface area is 118 Å². The van der Waals surface area contributed by atoms with Crippen LogP contribution in [0.2, 0.25) is 0 Å². The fraction of sp³-hybridized carbons (Fsp3) is 0.357. The molecular weight excluding hydrogens is 288 g/mol. The molecule has 0 spiro atoms. The number of oxazole rings is 1. The highest BCUT2D eigenvalue weighted by Crippen LogP contribution is 2.33. The van der Waals surface area contributed by atoms with E-state index in [1.54, 1.807) is 0 Å². The van der Waals surface area contributed by atoms with E-state index in [2.05, 4.69) is 10.3 Å². The molecule has 112 valence electrons. The van der Waals surface area contributed by atoms with E-state index in [-0.39, 0.29) is 11.5 Å². The van der Waals surface area contributed by atoms with Crippen LogP contribution in [0.5, 0.6) is 0 Å². The van der Waals surface area contributed by atoms with Crippen molar-refractivity contribution in [3.05, 3.63) is 41.5 Å². The monoisotopic (exact) mass is 300 g/mol. The molecule has 3 nitrogen and oxygen atoms in total. The number of nitrogens with one attached hydrogen (secondary N) is 1. The number of nitrogens with zero attached hydrogens (tertiary/aromatic N) is 1. The first-order chi connectivity index (χ1) is 9.93. The van der Waals surface area contributed by atoms with E-state index < -0.39 is 17.6 Å². The second kappa shape index (κ2) is 5.14. The predicted molar refractivity (Wildman–Crippen MR) is 66.8 cm³/mol. The topological polar surface area (TPSA) is 38.1 Å². The highest BCUT2D eigenvalue weighted by molar-refractivity contribution is 5.56. The van der Waals surface area contributed by atoms with Crippen molar-refractivity contribution in [2.45, 2.75) is 31.6 Å². The number of benzene rings is 1. The zero-order chi connectivity index (χ0) is 15.0. The van der Waals surface area contributed by atoms with Crippen molar-refractivity contribution in [3.8, 4) is 11.5 Å². The standard InChI is InChI=1S/C14H12F4N2O/c15-12-4-1-8(14(16,17)18)5-11(12)13-20-10(7-21-13)6-19-9-2-3-9/h1,4-5,7,9,19H,2-3,6H2. The molecule has 1 aromatic heterocycles. The van der Waals surface area contributed by atoms with Gasteiger partial charge in [0.1, 0.15) is 12.1 Å². The second-order valence-corrected chi connectivity index (χ2v) is 4.99. The van der Waals surface area contributed by atoms with Gasteiger partial charge in [0.25, 0.3) is 0 Å². The summed E-state index contributed by atoms with van der Waals surface area (Å²) in [6, 6.07) is 2.64. The Bertz CT molecular complexity index is 647. The summed E-state index contributed by atoms with van der Waals surface area (Å²) in [4.78, 5) is 4.03. The number of alkyl halides is 3. The summed E-state index contributed by atoms with van der Waals surface area (Å²) in [5.41, 5.74) is -0.689. The molecule has 0 unspecified atom stereocenters. The lowest BCUT2D eigenvalue weighted by atomic mass is 10.1. The lowest BCUT2D eigenvalue weighted by molar-refractivity contribution is -0.137. The average molecular weight is 300 g/mol. The maximum Gasteiger partial charge on any atom is 0.416 e. The van der Waals surface area contributed by atoms with Gasteiger partial charge in [-0.1, -0.05) is 0 Å². The van der Waals surface area contributed by atoms with Gasteiger partial charge in [-0.3, -0.25) is 0 Å². The molecule has 0 aliphatic heterocycles. The molecule has 1 aliphatic carbocycles. The Morgan fingerprint density at radius 1 is 1.29 bits per heavy atom. The maximum absolute atomic E-state index is 13.7. The predicted octanol–water partition coefficient (Wildman–Crippen LogP) is 3.75. The average Bonchev–Trinajstić information content (AvgIpc) is 3.13. The molecule has 1 heterocycles. The van der Waals surface area contributed by atoms with Gasteiger partial charge in [-0.05, 0) is 31.0 Å². The summed E-state index contributed by atoms with van der Waals surface area (Å²) >= 11 is 0. The number of halogens is 4. The van der Waals surface area contributed by atoms with E-state index in [1.165, 1.54) is 6.26 Å². The first kappa shape index (κ1) is 14.1. The Hall–Kier alpha value is -1.89. The van der Waals surface area contributed by atoms with Crippen LogP contribution in [0.15, 0.2) is 28.9 Å². The third kappa shape index (κ3) is 3.24. The molecule has 21 heavy (non-hydrogen) atoms. The van der Waals surface area contributed by atoms with E-state index in [9.17, 15) is 17.6 Å². The third-order valence-electron chi connectivity index (χ3n) is 3.23. The molecule has 0 saturated heterocycles. The van der Waals surface area contributed by atoms with Crippen LogP contribution in [-0.4, -0.2) is 11.0 Å². The van der Waals surface area contributed by atoms with E-state index in [4.69, 9.17) is 4.42 Å². The quantitative estimate of drug-likeness (QED) is 0.874. The van der Waals surface area contributed by atoms with Crippen molar-refractivity contribution in [2.75, 3.05) is 0 Å². The van der Waals surface area contributed by atoms with Crippen molar-refractivity contribution in [3.63, 3.8) is 0 Å². The fourth-order valence-corrected chi connectivity index (χ4v) is 1.91. The Balaban J connectivity index is 1.84. The summed E-state index contributed by atoms with van der Waals surface area (Å²) in [6.07, 6.45) is -1.00. The minimum absolute atomic E-state index is 0.147. The van der Waals surface area contributed by atoms with Crippen LogP contribution in [0.1, 0.15) is 24.1 Å². The molecule has 1 aromatic carbocycles. The highest BCUT2D eigenvalue weighted by atomic mass is 19.4. The van der Waals surface area contributed by atoms with Gasteiger partial charge in [0.2, 0.25) is 5.89 Å². The van der Waals surface area contributed by atoms with Crippen LogP contribution >= 0.6 is 0 Å². The summed E-state index contributed by atoms with van der Waals surface area (Å²) in [5.74, 6) is -0.947. The van der Waals surface area contributed by atoms with E-state index in [1.807, 2.05) is 0 Å². The van der Waals surface area contributed by atoms with Gasteiger partial charge >= 0.3 is 6.18 Å². The molecular formula is C14H12F4N2O. The van der Waals surface area contributed by atoms with E-state index >= 15 is 0 Å². The van der Waals surface area contributed by atoms with Crippen molar-refractivity contribution < 1.29 is 22.0 Å². The zero-order valence-corrected chi connectivity index (χ0v) is 10.9. The molecule has 7 heteroatoms. The van der Waals surface area contributed by atoms with Crippen LogP contribution < -0.4 is 5.32 Å². The molecule has 1 fully saturated rings.